The van der Waals surface area contributed by atoms with Gasteiger partial charge in [-0.3, -0.25) is 0 Å². The molecule has 56 heavy (non-hydrogen) atoms. The van der Waals surface area contributed by atoms with E-state index >= 15 is 0 Å². The summed E-state index contributed by atoms with van der Waals surface area (Å²) in [6.07, 6.45) is 24.6. The summed E-state index contributed by atoms with van der Waals surface area (Å²) in [4.78, 5) is 2.31. The number of rotatable bonds is 10. The Labute approximate surface area is 329 Å². The quantitative estimate of drug-likeness (QED) is 0.101. The second kappa shape index (κ2) is 13.9. The van der Waals surface area contributed by atoms with Crippen LogP contribution in [-0.4, -0.2) is 4.57 Å². The molecule has 1 aliphatic heterocycles. The zero-order valence-corrected chi connectivity index (χ0v) is 31.8. The highest BCUT2D eigenvalue weighted by molar-refractivity contribution is 6.14. The molecule has 268 valence electrons. The number of aromatic nitrogens is 1. The molecule has 3 aliphatic rings. The Hall–Kier alpha value is -7.12. The van der Waals surface area contributed by atoms with E-state index in [1.54, 1.807) is 0 Å². The second-order valence-corrected chi connectivity index (χ2v) is 14.3. The van der Waals surface area contributed by atoms with Crippen molar-refractivity contribution in [2.75, 3.05) is 4.90 Å². The molecule has 9 rings (SSSR count). The first-order valence-corrected chi connectivity index (χ1v) is 19.2. The lowest BCUT2D eigenvalue weighted by Crippen LogP contribution is -2.28. The van der Waals surface area contributed by atoms with Crippen LogP contribution in [0, 0.1) is 0 Å². The van der Waals surface area contributed by atoms with Crippen LogP contribution in [0.2, 0.25) is 0 Å². The third-order valence-electron chi connectivity index (χ3n) is 11.5. The van der Waals surface area contributed by atoms with Gasteiger partial charge in [0.05, 0.1) is 27.8 Å². The maximum absolute atomic E-state index is 4.36. The number of allylic oxidation sites excluding steroid dienone is 15. The van der Waals surface area contributed by atoms with Crippen LogP contribution in [0.25, 0.3) is 49.9 Å². The highest BCUT2D eigenvalue weighted by Gasteiger charge is 2.47. The second-order valence-electron chi connectivity index (χ2n) is 14.3. The summed E-state index contributed by atoms with van der Waals surface area (Å²) in [5.74, 6) is 0. The normalized spacial score (nSPS) is 18.0. The molecule has 2 heteroatoms. The Morgan fingerprint density at radius 1 is 0.750 bits per heavy atom. The SMILES string of the molecule is C=C/C=C\C=C1\c2cc(-c3ccc4c(c3)c3cc5c(cc3n4C(/C=C\C)=C/C=C)C(C=C)=C(C)C5(C3=C=CC=C3)c3ccccc3)ccc2N1c1ccccc1. The maximum Gasteiger partial charge on any atom is 0.0746 e. The molecule has 1 unspecified atom stereocenters. The molecule has 0 saturated heterocycles. The number of hydrogen-bond acceptors (Lipinski definition) is 1. The third kappa shape index (κ3) is 5.12. The van der Waals surface area contributed by atoms with E-state index in [9.17, 15) is 0 Å². The number of hydrogen-bond donors (Lipinski definition) is 0. The molecular formula is C54H42N2. The molecule has 0 bridgehead atoms. The van der Waals surface area contributed by atoms with Gasteiger partial charge in [0.15, 0.2) is 0 Å². The average molecular weight is 719 g/mol. The molecule has 2 aliphatic carbocycles. The summed E-state index contributed by atoms with van der Waals surface area (Å²) in [5, 5.41) is 2.38. The Morgan fingerprint density at radius 2 is 1.50 bits per heavy atom. The van der Waals surface area contributed by atoms with Gasteiger partial charge in [-0.1, -0.05) is 123 Å². The van der Waals surface area contributed by atoms with Gasteiger partial charge in [-0.25, -0.2) is 0 Å². The minimum atomic E-state index is -0.512. The average Bonchev–Trinajstić information content (AvgIpc) is 3.93. The molecule has 0 amide bonds. The van der Waals surface area contributed by atoms with E-state index in [4.69, 9.17) is 0 Å². The van der Waals surface area contributed by atoms with Crippen molar-refractivity contribution in [2.45, 2.75) is 19.3 Å². The fourth-order valence-corrected chi connectivity index (χ4v) is 9.11. The first-order chi connectivity index (χ1) is 27.5. The lowest BCUT2D eigenvalue weighted by Gasteiger charge is -2.39. The van der Waals surface area contributed by atoms with Crippen molar-refractivity contribution in [3.8, 4) is 11.1 Å². The van der Waals surface area contributed by atoms with Gasteiger partial charge in [-0.15, -0.1) is 5.73 Å². The fraction of sp³-hybridized carbons (Fsp3) is 0.0556. The molecule has 0 spiro atoms. The van der Waals surface area contributed by atoms with E-state index in [1.807, 2.05) is 30.4 Å². The van der Waals surface area contributed by atoms with Crippen molar-refractivity contribution in [3.05, 3.63) is 241 Å². The molecule has 0 saturated carbocycles. The number of benzene rings is 5. The van der Waals surface area contributed by atoms with Crippen LogP contribution < -0.4 is 4.90 Å². The van der Waals surface area contributed by atoms with Gasteiger partial charge in [0.1, 0.15) is 0 Å². The van der Waals surface area contributed by atoms with Gasteiger partial charge >= 0.3 is 0 Å². The van der Waals surface area contributed by atoms with Crippen molar-refractivity contribution < 1.29 is 0 Å². The molecule has 0 N–H and O–H groups in total. The Bertz CT molecular complexity index is 2890. The Balaban J connectivity index is 1.30. The summed E-state index contributed by atoms with van der Waals surface area (Å²) in [6.45, 7) is 16.6. The van der Waals surface area contributed by atoms with Gasteiger partial charge in [0, 0.05) is 33.3 Å². The molecule has 0 radical (unpaired) electrons. The van der Waals surface area contributed by atoms with Crippen molar-refractivity contribution in [1.29, 1.82) is 0 Å². The predicted molar refractivity (Wildman–Crippen MR) is 241 cm³/mol. The number of para-hydroxylation sites is 1. The van der Waals surface area contributed by atoms with E-state index in [1.165, 1.54) is 55.4 Å². The molecule has 2 heterocycles. The van der Waals surface area contributed by atoms with Gasteiger partial charge in [-0.2, -0.15) is 0 Å². The largest absolute Gasteiger partial charge is 0.309 e. The van der Waals surface area contributed by atoms with Crippen molar-refractivity contribution >= 4 is 50.1 Å². The fourth-order valence-electron chi connectivity index (χ4n) is 9.11. The zero-order valence-electron chi connectivity index (χ0n) is 31.8. The molecule has 1 aromatic heterocycles. The standard InChI is InChI=1S/C54H42N2/c1-6-10-13-28-50-48-34-39(30-32-52(48)55(50)43-26-16-12-17-27-43)38-29-31-51-46(33-38)47-35-49-45(36-53(47)56(51)42(20-7-2)21-8-3)44(9-4)37(5)54(49,41-24-18-19-25-41)40-22-14-11-15-23-40/h6-24,26-36H,1-2,4H2,3,5H3/b13-10-,21-8-,42-20+,50-28-. The molecule has 1 atom stereocenters. The summed E-state index contributed by atoms with van der Waals surface area (Å²) >= 11 is 0. The van der Waals surface area contributed by atoms with Crippen LogP contribution in [0.4, 0.5) is 11.4 Å². The van der Waals surface area contributed by atoms with Crippen LogP contribution in [0.1, 0.15) is 36.1 Å². The molecule has 6 aromatic rings. The van der Waals surface area contributed by atoms with Crippen LogP contribution in [-0.2, 0) is 5.41 Å². The first-order valence-electron chi connectivity index (χ1n) is 19.2. The topological polar surface area (TPSA) is 8.17 Å². The first kappa shape index (κ1) is 34.6. The predicted octanol–water partition coefficient (Wildman–Crippen LogP) is 14.2. The van der Waals surface area contributed by atoms with E-state index < -0.39 is 5.41 Å². The van der Waals surface area contributed by atoms with Crippen LogP contribution in [0.15, 0.2) is 219 Å². The Kier molecular flexibility index (Phi) is 8.62. The Morgan fingerprint density at radius 3 is 2.21 bits per heavy atom. The lowest BCUT2D eigenvalue weighted by atomic mass is 9.67. The third-order valence-corrected chi connectivity index (χ3v) is 11.5. The van der Waals surface area contributed by atoms with E-state index in [2.05, 4.69) is 201 Å². The number of anilines is 2. The van der Waals surface area contributed by atoms with Crippen molar-refractivity contribution in [3.63, 3.8) is 0 Å². The van der Waals surface area contributed by atoms with Crippen molar-refractivity contribution in [1.82, 2.24) is 4.57 Å². The lowest BCUT2D eigenvalue weighted by molar-refractivity contribution is 0.746. The zero-order chi connectivity index (χ0) is 38.4. The smallest absolute Gasteiger partial charge is 0.0746 e. The highest BCUT2D eigenvalue weighted by Crippen LogP contribution is 2.57. The molecule has 0 fully saturated rings. The molecular weight excluding hydrogens is 677 g/mol. The van der Waals surface area contributed by atoms with E-state index in [-0.39, 0.29) is 0 Å². The highest BCUT2D eigenvalue weighted by atomic mass is 15.2. The van der Waals surface area contributed by atoms with Crippen molar-refractivity contribution in [2.24, 2.45) is 0 Å². The minimum absolute atomic E-state index is 0.512. The minimum Gasteiger partial charge on any atom is -0.309 e. The summed E-state index contributed by atoms with van der Waals surface area (Å²) < 4.78 is 2.38. The van der Waals surface area contributed by atoms with Crippen LogP contribution in [0.3, 0.4) is 0 Å². The van der Waals surface area contributed by atoms with Gasteiger partial charge in [0.25, 0.3) is 0 Å². The van der Waals surface area contributed by atoms with Gasteiger partial charge in [0.2, 0.25) is 0 Å². The van der Waals surface area contributed by atoms with Crippen LogP contribution in [0.5, 0.6) is 0 Å². The summed E-state index contributed by atoms with van der Waals surface area (Å²) in [7, 11) is 0. The molecule has 5 aromatic carbocycles. The van der Waals surface area contributed by atoms with Gasteiger partial charge in [-0.05, 0) is 132 Å². The van der Waals surface area contributed by atoms with Gasteiger partial charge < -0.3 is 9.47 Å². The van der Waals surface area contributed by atoms with E-state index in [0.717, 1.165) is 39.3 Å². The number of nitrogens with zero attached hydrogens (tertiary/aromatic N) is 2. The van der Waals surface area contributed by atoms with Crippen LogP contribution >= 0.6 is 0 Å². The summed E-state index contributed by atoms with van der Waals surface area (Å²) in [6, 6.07) is 40.0. The summed E-state index contributed by atoms with van der Waals surface area (Å²) in [5.41, 5.74) is 20.7. The molecule has 2 nitrogen and oxygen atoms in total. The number of fused-ring (bicyclic) bond motifs is 5. The monoisotopic (exact) mass is 718 g/mol. The maximum atomic E-state index is 4.36. The van der Waals surface area contributed by atoms with E-state index in [0.29, 0.717) is 0 Å².